The quantitative estimate of drug-likeness (QED) is 0.727. The van der Waals surface area contributed by atoms with Gasteiger partial charge in [0.15, 0.2) is 0 Å². The van der Waals surface area contributed by atoms with Crippen molar-refractivity contribution in [2.75, 3.05) is 16.0 Å². The molecule has 2 aromatic rings. The van der Waals surface area contributed by atoms with Crippen molar-refractivity contribution in [2.45, 2.75) is 31.1 Å². The Labute approximate surface area is 150 Å². The Morgan fingerprint density at radius 1 is 1.04 bits per heavy atom. The fourth-order valence-corrected chi connectivity index (χ4v) is 4.02. The number of rotatable bonds is 2. The molecule has 0 aromatic heterocycles. The highest BCUT2D eigenvalue weighted by atomic mass is 35.5. The maximum atomic E-state index is 12.4. The van der Waals surface area contributed by atoms with Gasteiger partial charge >= 0.3 is 6.03 Å². The molecule has 2 aromatic carbocycles. The molecule has 6 heteroatoms. The second-order valence-corrected chi connectivity index (χ2v) is 7.03. The zero-order valence-corrected chi connectivity index (χ0v) is 14.3. The second kappa shape index (κ2) is 6.08. The zero-order chi connectivity index (χ0) is 17.4. The first-order valence-corrected chi connectivity index (χ1v) is 8.74. The van der Waals surface area contributed by atoms with Gasteiger partial charge in [0.2, 0.25) is 5.91 Å². The van der Waals surface area contributed by atoms with Crippen molar-refractivity contribution < 1.29 is 9.59 Å². The smallest absolute Gasteiger partial charge is 0.323 e. The Bertz CT molecular complexity index is 859. The molecular formula is C19H18ClN3O2. The summed E-state index contributed by atoms with van der Waals surface area (Å²) in [6.45, 7) is 0. The minimum Gasteiger partial charge on any atom is -0.325 e. The minimum absolute atomic E-state index is 0.0838. The summed E-state index contributed by atoms with van der Waals surface area (Å²) in [4.78, 5) is 24.7. The lowest BCUT2D eigenvalue weighted by Gasteiger charge is -2.21. The van der Waals surface area contributed by atoms with Crippen LogP contribution < -0.4 is 16.0 Å². The average molecular weight is 356 g/mol. The average Bonchev–Trinajstić information content (AvgIpc) is 3.16. The van der Waals surface area contributed by atoms with Crippen molar-refractivity contribution in [1.29, 1.82) is 0 Å². The van der Waals surface area contributed by atoms with E-state index in [2.05, 4.69) is 16.0 Å². The maximum Gasteiger partial charge on any atom is 0.323 e. The standard InChI is InChI=1S/C19H18ClN3O2/c20-12-4-3-5-13(10-12)21-18(25)22-14-6-7-16-15(11-14)19(17(24)23-16)8-1-2-9-19/h3-7,10-11H,1-2,8-9H2,(H,23,24)(H2,21,22,25). The van der Waals surface area contributed by atoms with Gasteiger partial charge in [0.1, 0.15) is 0 Å². The fraction of sp³-hybridized carbons (Fsp3) is 0.263. The van der Waals surface area contributed by atoms with Crippen LogP contribution >= 0.6 is 11.6 Å². The van der Waals surface area contributed by atoms with Crippen molar-refractivity contribution in [3.05, 3.63) is 53.1 Å². The summed E-state index contributed by atoms with van der Waals surface area (Å²) in [5, 5.41) is 9.11. The van der Waals surface area contributed by atoms with Gasteiger partial charge in [0, 0.05) is 22.1 Å². The third-order valence-corrected chi connectivity index (χ3v) is 5.25. The van der Waals surface area contributed by atoms with Crippen molar-refractivity contribution >= 4 is 40.6 Å². The molecule has 0 saturated heterocycles. The molecule has 3 N–H and O–H groups in total. The minimum atomic E-state index is -0.420. The predicted octanol–water partition coefficient (Wildman–Crippen LogP) is 4.75. The molecule has 0 atom stereocenters. The van der Waals surface area contributed by atoms with E-state index < -0.39 is 5.41 Å². The number of hydrogen-bond acceptors (Lipinski definition) is 2. The molecule has 1 saturated carbocycles. The molecule has 1 heterocycles. The van der Waals surface area contributed by atoms with Gasteiger partial charge in [-0.15, -0.1) is 0 Å². The highest BCUT2D eigenvalue weighted by molar-refractivity contribution is 6.30. The van der Waals surface area contributed by atoms with E-state index in [1.54, 1.807) is 30.3 Å². The fourth-order valence-electron chi connectivity index (χ4n) is 3.83. The van der Waals surface area contributed by atoms with Crippen LogP contribution in [0.2, 0.25) is 5.02 Å². The summed E-state index contributed by atoms with van der Waals surface area (Å²) in [6, 6.07) is 12.2. The number of fused-ring (bicyclic) bond motifs is 2. The largest absolute Gasteiger partial charge is 0.325 e. The highest BCUT2D eigenvalue weighted by Gasteiger charge is 2.48. The van der Waals surface area contributed by atoms with Gasteiger partial charge in [0.05, 0.1) is 5.41 Å². The third kappa shape index (κ3) is 2.85. The highest BCUT2D eigenvalue weighted by Crippen LogP contribution is 2.49. The van der Waals surface area contributed by atoms with E-state index in [4.69, 9.17) is 11.6 Å². The summed E-state index contributed by atoms with van der Waals surface area (Å²) >= 11 is 5.92. The summed E-state index contributed by atoms with van der Waals surface area (Å²) in [7, 11) is 0. The molecule has 0 bridgehead atoms. The lowest BCUT2D eigenvalue weighted by molar-refractivity contribution is -0.120. The molecule has 4 rings (SSSR count). The normalized spacial score (nSPS) is 17.2. The number of anilines is 3. The van der Waals surface area contributed by atoms with Crippen LogP contribution in [0.25, 0.3) is 0 Å². The van der Waals surface area contributed by atoms with Crippen LogP contribution in [0.3, 0.4) is 0 Å². The van der Waals surface area contributed by atoms with E-state index >= 15 is 0 Å². The molecule has 0 unspecified atom stereocenters. The Balaban J connectivity index is 1.54. The van der Waals surface area contributed by atoms with Crippen LogP contribution in [0.4, 0.5) is 21.9 Å². The third-order valence-electron chi connectivity index (χ3n) is 5.02. The van der Waals surface area contributed by atoms with Crippen molar-refractivity contribution in [1.82, 2.24) is 0 Å². The number of amides is 3. The number of nitrogens with one attached hydrogen (secondary N) is 3. The molecule has 1 spiro atoms. The van der Waals surface area contributed by atoms with Crippen LogP contribution in [-0.4, -0.2) is 11.9 Å². The Hall–Kier alpha value is -2.53. The Morgan fingerprint density at radius 2 is 1.76 bits per heavy atom. The van der Waals surface area contributed by atoms with Gasteiger partial charge in [-0.25, -0.2) is 4.79 Å². The van der Waals surface area contributed by atoms with Crippen LogP contribution in [0.5, 0.6) is 0 Å². The molecule has 1 aliphatic heterocycles. The van der Waals surface area contributed by atoms with Crippen LogP contribution in [0.1, 0.15) is 31.2 Å². The topological polar surface area (TPSA) is 70.2 Å². The van der Waals surface area contributed by atoms with Crippen LogP contribution in [-0.2, 0) is 10.2 Å². The van der Waals surface area contributed by atoms with Gasteiger partial charge < -0.3 is 16.0 Å². The lowest BCUT2D eigenvalue weighted by atomic mass is 9.80. The number of halogens is 1. The molecule has 2 aliphatic rings. The van der Waals surface area contributed by atoms with Crippen LogP contribution in [0, 0.1) is 0 Å². The van der Waals surface area contributed by atoms with Gasteiger partial charge in [-0.2, -0.15) is 0 Å². The van der Waals surface area contributed by atoms with Crippen molar-refractivity contribution in [2.24, 2.45) is 0 Å². The summed E-state index contributed by atoms with van der Waals surface area (Å²) in [5.74, 6) is 0.0838. The predicted molar refractivity (Wildman–Crippen MR) is 99.3 cm³/mol. The number of carbonyl (C=O) groups excluding carboxylic acids is 2. The van der Waals surface area contributed by atoms with E-state index in [9.17, 15) is 9.59 Å². The molecule has 5 nitrogen and oxygen atoms in total. The van der Waals surface area contributed by atoms with Gasteiger partial charge in [-0.05, 0) is 54.8 Å². The van der Waals surface area contributed by atoms with Crippen LogP contribution in [0.15, 0.2) is 42.5 Å². The Morgan fingerprint density at radius 3 is 2.48 bits per heavy atom. The number of hydrogen-bond donors (Lipinski definition) is 3. The van der Waals surface area contributed by atoms with Gasteiger partial charge in [-0.1, -0.05) is 30.5 Å². The van der Waals surface area contributed by atoms with E-state index in [1.807, 2.05) is 12.1 Å². The number of urea groups is 1. The zero-order valence-electron chi connectivity index (χ0n) is 13.6. The molecule has 128 valence electrons. The molecule has 3 amide bonds. The number of carbonyl (C=O) groups is 2. The first-order chi connectivity index (χ1) is 12.1. The maximum absolute atomic E-state index is 12.4. The van der Waals surface area contributed by atoms with E-state index in [0.29, 0.717) is 16.4 Å². The SMILES string of the molecule is O=C(Nc1cccc(Cl)c1)Nc1ccc2c(c1)C1(CCCC1)C(=O)N2. The molecular weight excluding hydrogens is 338 g/mol. The van der Waals surface area contributed by atoms with E-state index in [-0.39, 0.29) is 11.9 Å². The number of benzene rings is 2. The van der Waals surface area contributed by atoms with Gasteiger partial charge in [0.25, 0.3) is 0 Å². The van der Waals surface area contributed by atoms with Crippen molar-refractivity contribution in [3.8, 4) is 0 Å². The molecule has 1 aliphatic carbocycles. The molecule has 0 radical (unpaired) electrons. The monoisotopic (exact) mass is 355 g/mol. The van der Waals surface area contributed by atoms with Gasteiger partial charge in [-0.3, -0.25) is 4.79 Å². The summed E-state index contributed by atoms with van der Waals surface area (Å²) in [5.41, 5.74) is 2.72. The summed E-state index contributed by atoms with van der Waals surface area (Å²) < 4.78 is 0. The second-order valence-electron chi connectivity index (χ2n) is 6.59. The van der Waals surface area contributed by atoms with E-state index in [1.165, 1.54) is 0 Å². The van der Waals surface area contributed by atoms with E-state index in [0.717, 1.165) is 36.9 Å². The van der Waals surface area contributed by atoms with Crippen molar-refractivity contribution in [3.63, 3.8) is 0 Å². The first-order valence-electron chi connectivity index (χ1n) is 8.36. The molecule has 25 heavy (non-hydrogen) atoms. The summed E-state index contributed by atoms with van der Waals surface area (Å²) in [6.07, 6.45) is 3.84. The Kier molecular flexibility index (Phi) is 3.88. The lowest BCUT2D eigenvalue weighted by Crippen LogP contribution is -2.31. The molecule has 1 fully saturated rings. The first kappa shape index (κ1) is 16.0.